The molecule has 30 heavy (non-hydrogen) atoms. The number of hydrogen-bond donors (Lipinski definition) is 2. The van der Waals surface area contributed by atoms with Crippen molar-refractivity contribution in [2.75, 3.05) is 46.5 Å². The van der Waals surface area contributed by atoms with Gasteiger partial charge in [0.25, 0.3) is 11.7 Å². The summed E-state index contributed by atoms with van der Waals surface area (Å²) in [5, 5.41) is 13.0. The molecule has 2 aliphatic heterocycles. The Morgan fingerprint density at radius 3 is 2.77 bits per heavy atom. The normalized spacial score (nSPS) is 21.9. The van der Waals surface area contributed by atoms with Gasteiger partial charge < -0.3 is 24.4 Å². The first-order valence-electron chi connectivity index (χ1n) is 9.97. The molecule has 1 amide bonds. The lowest BCUT2D eigenvalue weighted by molar-refractivity contribution is -0.907. The van der Waals surface area contributed by atoms with Gasteiger partial charge in [-0.2, -0.15) is 0 Å². The van der Waals surface area contributed by atoms with Gasteiger partial charge in [-0.25, -0.2) is 0 Å². The van der Waals surface area contributed by atoms with Crippen molar-refractivity contribution in [1.29, 1.82) is 0 Å². The number of aliphatic hydroxyl groups is 1. The number of nitrogens with zero attached hydrogens (tertiary/aromatic N) is 1. The van der Waals surface area contributed by atoms with Crippen LogP contribution in [0.25, 0.3) is 5.76 Å². The van der Waals surface area contributed by atoms with E-state index in [9.17, 15) is 14.7 Å². The van der Waals surface area contributed by atoms with E-state index in [1.165, 1.54) is 23.3 Å². The molecule has 1 aromatic carbocycles. The maximum atomic E-state index is 13.0. The fourth-order valence-electron chi connectivity index (χ4n) is 3.97. The third kappa shape index (κ3) is 3.98. The van der Waals surface area contributed by atoms with Crippen molar-refractivity contribution in [2.45, 2.75) is 6.04 Å². The molecule has 1 atom stereocenters. The minimum absolute atomic E-state index is 0.132. The second kappa shape index (κ2) is 8.99. The van der Waals surface area contributed by atoms with Crippen molar-refractivity contribution >= 4 is 28.8 Å². The Morgan fingerprint density at radius 1 is 1.27 bits per heavy atom. The SMILES string of the molecule is COc1cccc(/C(O)=C2\C(=O)C(=O)N(CC[NH+]3CCOCC3)[C@@H]2c2cccs2)c1. The second-order valence-electron chi connectivity index (χ2n) is 7.35. The Hall–Kier alpha value is -2.68. The molecule has 2 aliphatic rings. The van der Waals surface area contributed by atoms with Crippen LogP contribution in [0.15, 0.2) is 47.4 Å². The summed E-state index contributed by atoms with van der Waals surface area (Å²) in [6.07, 6.45) is 0. The summed E-state index contributed by atoms with van der Waals surface area (Å²) in [4.78, 5) is 29.7. The van der Waals surface area contributed by atoms with Crippen LogP contribution in [-0.4, -0.2) is 68.2 Å². The minimum atomic E-state index is -0.648. The zero-order chi connectivity index (χ0) is 21.1. The number of carbonyl (C=O) groups excluding carboxylic acids is 2. The molecule has 3 heterocycles. The number of rotatable bonds is 6. The number of ketones is 1. The number of aliphatic hydroxyl groups excluding tert-OH is 1. The van der Waals surface area contributed by atoms with Crippen LogP contribution in [0.4, 0.5) is 0 Å². The molecule has 8 heteroatoms. The number of likely N-dealkylation sites (tertiary alicyclic amines) is 1. The van der Waals surface area contributed by atoms with E-state index in [4.69, 9.17) is 9.47 Å². The van der Waals surface area contributed by atoms with Crippen LogP contribution in [0.2, 0.25) is 0 Å². The molecule has 2 N–H and O–H groups in total. The van der Waals surface area contributed by atoms with Gasteiger partial charge in [0.2, 0.25) is 0 Å². The molecule has 0 unspecified atom stereocenters. The summed E-state index contributed by atoms with van der Waals surface area (Å²) in [5.41, 5.74) is 0.584. The molecule has 0 saturated carbocycles. The fourth-order valence-corrected chi connectivity index (χ4v) is 4.81. The molecule has 0 spiro atoms. The van der Waals surface area contributed by atoms with Crippen molar-refractivity contribution in [2.24, 2.45) is 0 Å². The predicted molar refractivity (Wildman–Crippen MR) is 113 cm³/mol. The molecule has 2 aromatic rings. The first-order valence-corrected chi connectivity index (χ1v) is 10.9. The number of morpholine rings is 1. The fraction of sp³-hybridized carbons (Fsp3) is 0.364. The number of carbonyl (C=O) groups is 2. The van der Waals surface area contributed by atoms with Gasteiger partial charge in [0.1, 0.15) is 24.6 Å². The summed E-state index contributed by atoms with van der Waals surface area (Å²) >= 11 is 1.47. The van der Waals surface area contributed by atoms with E-state index in [0.29, 0.717) is 31.1 Å². The van der Waals surface area contributed by atoms with Crippen LogP contribution in [-0.2, 0) is 14.3 Å². The smallest absolute Gasteiger partial charge is 0.295 e. The number of quaternary nitrogens is 1. The number of benzene rings is 1. The Morgan fingerprint density at radius 2 is 2.07 bits per heavy atom. The molecular weight excluding hydrogens is 404 g/mol. The maximum Gasteiger partial charge on any atom is 0.295 e. The number of thiophene rings is 1. The summed E-state index contributed by atoms with van der Waals surface area (Å²) in [6, 6.07) is 10.1. The highest BCUT2D eigenvalue weighted by Gasteiger charge is 2.46. The third-order valence-electron chi connectivity index (χ3n) is 5.60. The molecule has 0 radical (unpaired) electrons. The topological polar surface area (TPSA) is 80.5 Å². The average molecular weight is 430 g/mol. The van der Waals surface area contributed by atoms with Gasteiger partial charge in [-0.15, -0.1) is 11.3 Å². The lowest BCUT2D eigenvalue weighted by Crippen LogP contribution is -3.14. The van der Waals surface area contributed by atoms with E-state index >= 15 is 0 Å². The van der Waals surface area contributed by atoms with Crippen LogP contribution < -0.4 is 9.64 Å². The zero-order valence-corrected chi connectivity index (χ0v) is 17.6. The first kappa shape index (κ1) is 20.6. The Bertz CT molecular complexity index is 950. The predicted octanol–water partition coefficient (Wildman–Crippen LogP) is 1.09. The highest BCUT2D eigenvalue weighted by atomic mass is 32.1. The van der Waals surface area contributed by atoms with Crippen LogP contribution in [0.1, 0.15) is 16.5 Å². The quantitative estimate of drug-likeness (QED) is 0.408. The molecular formula is C22H25N2O5S+. The number of nitrogens with one attached hydrogen (secondary N) is 1. The Balaban J connectivity index is 1.69. The Labute approximate surface area is 179 Å². The molecule has 0 bridgehead atoms. The third-order valence-corrected chi connectivity index (χ3v) is 6.53. The number of hydrogen-bond acceptors (Lipinski definition) is 6. The van der Waals surface area contributed by atoms with E-state index < -0.39 is 17.7 Å². The van der Waals surface area contributed by atoms with Gasteiger partial charge in [0.05, 0.1) is 45.0 Å². The summed E-state index contributed by atoms with van der Waals surface area (Å²) < 4.78 is 10.6. The highest BCUT2D eigenvalue weighted by Crippen LogP contribution is 2.41. The average Bonchev–Trinajstić information content (AvgIpc) is 3.40. The molecule has 4 rings (SSSR count). The van der Waals surface area contributed by atoms with Gasteiger partial charge >= 0.3 is 0 Å². The van der Waals surface area contributed by atoms with Gasteiger partial charge in [-0.3, -0.25) is 9.59 Å². The van der Waals surface area contributed by atoms with Gasteiger partial charge in [-0.05, 0) is 23.6 Å². The molecule has 158 valence electrons. The van der Waals surface area contributed by atoms with Crippen LogP contribution in [0.5, 0.6) is 5.75 Å². The van der Waals surface area contributed by atoms with E-state index in [-0.39, 0.29) is 11.3 Å². The molecule has 1 aromatic heterocycles. The van der Waals surface area contributed by atoms with E-state index in [1.807, 2.05) is 17.5 Å². The van der Waals surface area contributed by atoms with Crippen molar-refractivity contribution in [3.8, 4) is 5.75 Å². The van der Waals surface area contributed by atoms with E-state index in [0.717, 1.165) is 24.5 Å². The molecule has 0 aliphatic carbocycles. The van der Waals surface area contributed by atoms with E-state index in [1.54, 1.807) is 29.2 Å². The van der Waals surface area contributed by atoms with Gasteiger partial charge in [0, 0.05) is 10.4 Å². The van der Waals surface area contributed by atoms with Crippen molar-refractivity contribution in [3.05, 3.63) is 57.8 Å². The largest absolute Gasteiger partial charge is 0.507 e. The monoisotopic (exact) mass is 429 g/mol. The number of amides is 1. The minimum Gasteiger partial charge on any atom is -0.507 e. The van der Waals surface area contributed by atoms with Crippen molar-refractivity contribution in [1.82, 2.24) is 4.90 Å². The Kier molecular flexibility index (Phi) is 6.17. The summed E-state index contributed by atoms with van der Waals surface area (Å²) in [5.74, 6) is -0.819. The van der Waals surface area contributed by atoms with Crippen LogP contribution >= 0.6 is 11.3 Å². The molecule has 7 nitrogen and oxygen atoms in total. The first-order chi connectivity index (χ1) is 14.6. The number of ether oxygens (including phenoxy) is 2. The number of methoxy groups -OCH3 is 1. The van der Waals surface area contributed by atoms with E-state index in [2.05, 4.69) is 0 Å². The van der Waals surface area contributed by atoms with Crippen molar-refractivity contribution in [3.63, 3.8) is 0 Å². The number of Topliss-reactive ketones (excluding diaryl/α,β-unsaturated/α-hetero) is 1. The second-order valence-corrected chi connectivity index (χ2v) is 8.33. The highest BCUT2D eigenvalue weighted by molar-refractivity contribution is 7.10. The summed E-state index contributed by atoms with van der Waals surface area (Å²) in [7, 11) is 1.54. The lowest BCUT2D eigenvalue weighted by atomic mass is 9.99. The zero-order valence-electron chi connectivity index (χ0n) is 16.8. The standard InChI is InChI=1S/C22H24N2O5S/c1-28-16-5-2-4-15(14-16)20(25)18-19(17-6-3-13-30-17)24(22(27)21(18)26)8-7-23-9-11-29-12-10-23/h2-6,13-14,19,25H,7-12H2,1H3/p+1/b20-18+/t19-/m1/s1. The molecule has 2 fully saturated rings. The van der Waals surface area contributed by atoms with Gasteiger partial charge in [0.15, 0.2) is 0 Å². The molecule has 2 saturated heterocycles. The maximum absolute atomic E-state index is 13.0. The summed E-state index contributed by atoms with van der Waals surface area (Å²) in [6.45, 7) is 4.36. The van der Waals surface area contributed by atoms with Crippen LogP contribution in [0, 0.1) is 0 Å². The van der Waals surface area contributed by atoms with Gasteiger partial charge in [-0.1, -0.05) is 18.2 Å². The lowest BCUT2D eigenvalue weighted by Gasteiger charge is -2.28. The van der Waals surface area contributed by atoms with Crippen molar-refractivity contribution < 1.29 is 29.1 Å². The van der Waals surface area contributed by atoms with Crippen LogP contribution in [0.3, 0.4) is 0 Å².